The lowest BCUT2D eigenvalue weighted by Crippen LogP contribution is -2.32. The largest absolute Gasteiger partial charge is 0.347 e. The summed E-state index contributed by atoms with van der Waals surface area (Å²) in [4.78, 5) is 15.0. The van der Waals surface area contributed by atoms with Crippen LogP contribution in [0, 0.1) is 0 Å². The molecule has 0 saturated heterocycles. The summed E-state index contributed by atoms with van der Waals surface area (Å²) in [5.74, 6) is -0.168. The Labute approximate surface area is 77.2 Å². The number of amides is 1. The van der Waals surface area contributed by atoms with Gasteiger partial charge in [0.15, 0.2) is 0 Å². The molecule has 0 bridgehead atoms. The van der Waals surface area contributed by atoms with Crippen molar-refractivity contribution < 1.29 is 4.79 Å². The number of nitrogens with two attached hydrogens (primary N) is 1. The zero-order chi connectivity index (χ0) is 9.68. The van der Waals surface area contributed by atoms with Crippen LogP contribution in [0.2, 0.25) is 0 Å². The molecule has 1 atom stereocenters. The van der Waals surface area contributed by atoms with Crippen LogP contribution < -0.4 is 11.1 Å². The molecule has 0 aliphatic carbocycles. The van der Waals surface area contributed by atoms with E-state index < -0.39 is 0 Å². The number of rotatable bonds is 3. The van der Waals surface area contributed by atoms with Gasteiger partial charge in [0.25, 0.3) is 0 Å². The van der Waals surface area contributed by atoms with Crippen molar-refractivity contribution in [3.8, 4) is 0 Å². The van der Waals surface area contributed by atoms with Crippen LogP contribution in [0.5, 0.6) is 0 Å². The van der Waals surface area contributed by atoms with Gasteiger partial charge in [-0.15, -0.1) is 0 Å². The summed E-state index contributed by atoms with van der Waals surface area (Å²) >= 11 is 0. The smallest absolute Gasteiger partial charge is 0.234 e. The van der Waals surface area contributed by atoms with E-state index in [1.165, 1.54) is 0 Å². The van der Waals surface area contributed by atoms with Crippen LogP contribution in [0.3, 0.4) is 0 Å². The highest BCUT2D eigenvalue weighted by atomic mass is 16.1. The number of hydrogen-bond acceptors (Lipinski definition) is 3. The minimum atomic E-state index is -0.168. The van der Waals surface area contributed by atoms with Crippen LogP contribution in [0.4, 0.5) is 0 Å². The van der Waals surface area contributed by atoms with Crippen molar-refractivity contribution in [1.29, 1.82) is 0 Å². The fourth-order valence-corrected chi connectivity index (χ4v) is 1.01. The van der Waals surface area contributed by atoms with Gasteiger partial charge in [0.1, 0.15) is 0 Å². The van der Waals surface area contributed by atoms with Gasteiger partial charge >= 0.3 is 0 Å². The highest BCUT2D eigenvalue weighted by Gasteiger charge is 2.07. The number of pyridine rings is 1. The van der Waals surface area contributed by atoms with Crippen molar-refractivity contribution >= 4 is 5.91 Å². The second-order valence-corrected chi connectivity index (χ2v) is 2.75. The van der Waals surface area contributed by atoms with E-state index in [2.05, 4.69) is 10.3 Å². The van der Waals surface area contributed by atoms with Gasteiger partial charge in [0, 0.05) is 6.20 Å². The standard InChI is InChI=1S/C9H13N3O/c1-7(12-9(13)6-10)8-4-2-3-5-11-8/h2-5,7H,6,10H2,1H3,(H,12,13). The van der Waals surface area contributed by atoms with Gasteiger partial charge in [-0.05, 0) is 19.1 Å². The lowest BCUT2D eigenvalue weighted by atomic mass is 10.2. The molecule has 0 spiro atoms. The Morgan fingerprint density at radius 1 is 1.69 bits per heavy atom. The predicted octanol–water partition coefficient (Wildman–Crippen LogP) is 0.217. The van der Waals surface area contributed by atoms with Gasteiger partial charge in [-0.3, -0.25) is 9.78 Å². The van der Waals surface area contributed by atoms with Crippen molar-refractivity contribution in [2.24, 2.45) is 5.73 Å². The Morgan fingerprint density at radius 2 is 2.46 bits per heavy atom. The van der Waals surface area contributed by atoms with Crippen LogP contribution in [0.25, 0.3) is 0 Å². The van der Waals surface area contributed by atoms with E-state index in [-0.39, 0.29) is 18.5 Å². The molecule has 1 heterocycles. The van der Waals surface area contributed by atoms with E-state index >= 15 is 0 Å². The highest BCUT2D eigenvalue weighted by molar-refractivity contribution is 5.78. The van der Waals surface area contributed by atoms with Crippen molar-refractivity contribution in [3.05, 3.63) is 30.1 Å². The average molecular weight is 179 g/mol. The van der Waals surface area contributed by atoms with Crippen LogP contribution in [0.1, 0.15) is 18.7 Å². The maximum Gasteiger partial charge on any atom is 0.234 e. The van der Waals surface area contributed by atoms with Gasteiger partial charge in [-0.2, -0.15) is 0 Å². The molecule has 0 saturated carbocycles. The molecule has 1 amide bonds. The van der Waals surface area contributed by atoms with E-state index in [1.807, 2.05) is 25.1 Å². The fraction of sp³-hybridized carbons (Fsp3) is 0.333. The van der Waals surface area contributed by atoms with E-state index in [4.69, 9.17) is 5.73 Å². The van der Waals surface area contributed by atoms with E-state index in [1.54, 1.807) is 6.20 Å². The van der Waals surface area contributed by atoms with E-state index in [0.717, 1.165) is 5.69 Å². The molecule has 1 aromatic rings. The van der Waals surface area contributed by atoms with Crippen LogP contribution >= 0.6 is 0 Å². The van der Waals surface area contributed by atoms with Crippen LogP contribution in [0.15, 0.2) is 24.4 Å². The van der Waals surface area contributed by atoms with Gasteiger partial charge in [0.2, 0.25) is 5.91 Å². The number of carbonyl (C=O) groups is 1. The summed E-state index contributed by atoms with van der Waals surface area (Å²) in [6.45, 7) is 1.88. The third kappa shape index (κ3) is 2.83. The molecule has 3 N–H and O–H groups in total. The maximum absolute atomic E-state index is 10.9. The van der Waals surface area contributed by atoms with Gasteiger partial charge in [-0.25, -0.2) is 0 Å². The minimum absolute atomic E-state index is 0.0111. The summed E-state index contributed by atoms with van der Waals surface area (Å²) < 4.78 is 0. The third-order valence-electron chi connectivity index (χ3n) is 1.69. The minimum Gasteiger partial charge on any atom is -0.347 e. The predicted molar refractivity (Wildman–Crippen MR) is 49.8 cm³/mol. The van der Waals surface area contributed by atoms with Crippen molar-refractivity contribution in [2.75, 3.05) is 6.54 Å². The zero-order valence-electron chi connectivity index (χ0n) is 7.53. The molecule has 0 aromatic carbocycles. The first-order valence-corrected chi connectivity index (χ1v) is 4.14. The molecule has 13 heavy (non-hydrogen) atoms. The number of nitrogens with one attached hydrogen (secondary N) is 1. The monoisotopic (exact) mass is 179 g/mol. The van der Waals surface area contributed by atoms with Crippen molar-refractivity contribution in [1.82, 2.24) is 10.3 Å². The number of aromatic nitrogens is 1. The second-order valence-electron chi connectivity index (χ2n) is 2.75. The quantitative estimate of drug-likeness (QED) is 0.697. The molecule has 4 nitrogen and oxygen atoms in total. The normalized spacial score (nSPS) is 12.2. The molecule has 1 unspecified atom stereocenters. The Balaban J connectivity index is 2.59. The Hall–Kier alpha value is -1.42. The number of carbonyl (C=O) groups excluding carboxylic acids is 1. The molecule has 0 aliphatic heterocycles. The molecule has 0 fully saturated rings. The lowest BCUT2D eigenvalue weighted by molar-refractivity contribution is -0.120. The van der Waals surface area contributed by atoms with E-state index in [0.29, 0.717) is 0 Å². The molecule has 70 valence electrons. The Bertz CT molecular complexity index is 273. The first kappa shape index (κ1) is 9.67. The summed E-state index contributed by atoms with van der Waals surface area (Å²) in [7, 11) is 0. The van der Waals surface area contributed by atoms with Crippen molar-refractivity contribution in [2.45, 2.75) is 13.0 Å². The van der Waals surface area contributed by atoms with E-state index in [9.17, 15) is 4.79 Å². The zero-order valence-corrected chi connectivity index (χ0v) is 7.53. The second kappa shape index (κ2) is 4.57. The first-order chi connectivity index (χ1) is 6.24. The summed E-state index contributed by atoms with van der Waals surface area (Å²) in [6.07, 6.45) is 1.69. The fourth-order valence-electron chi connectivity index (χ4n) is 1.01. The SMILES string of the molecule is CC(NC(=O)CN)c1ccccn1. The molecule has 0 radical (unpaired) electrons. The topological polar surface area (TPSA) is 68.0 Å². The molecular formula is C9H13N3O. The van der Waals surface area contributed by atoms with Crippen LogP contribution in [-0.2, 0) is 4.79 Å². The van der Waals surface area contributed by atoms with Gasteiger partial charge in [-0.1, -0.05) is 6.07 Å². The lowest BCUT2D eigenvalue weighted by Gasteiger charge is -2.11. The first-order valence-electron chi connectivity index (χ1n) is 4.14. The number of hydrogen-bond donors (Lipinski definition) is 2. The Kier molecular flexibility index (Phi) is 3.40. The van der Waals surface area contributed by atoms with Gasteiger partial charge < -0.3 is 11.1 Å². The molecule has 4 heteroatoms. The maximum atomic E-state index is 10.9. The highest BCUT2D eigenvalue weighted by Crippen LogP contribution is 2.06. The average Bonchev–Trinajstić information content (AvgIpc) is 2.19. The molecule has 1 rings (SSSR count). The summed E-state index contributed by atoms with van der Waals surface area (Å²) in [5, 5.41) is 2.72. The molecular weight excluding hydrogens is 166 g/mol. The Morgan fingerprint density at radius 3 is 3.00 bits per heavy atom. The molecule has 1 aromatic heterocycles. The van der Waals surface area contributed by atoms with Gasteiger partial charge in [0.05, 0.1) is 18.3 Å². The molecule has 0 aliphatic rings. The van der Waals surface area contributed by atoms with Crippen LogP contribution in [-0.4, -0.2) is 17.4 Å². The third-order valence-corrected chi connectivity index (χ3v) is 1.69. The summed E-state index contributed by atoms with van der Waals surface area (Å²) in [6, 6.07) is 5.49. The van der Waals surface area contributed by atoms with Crippen molar-refractivity contribution in [3.63, 3.8) is 0 Å². The summed E-state index contributed by atoms with van der Waals surface area (Å²) in [5.41, 5.74) is 6.00. The number of nitrogens with zero attached hydrogens (tertiary/aromatic N) is 1.